The summed E-state index contributed by atoms with van der Waals surface area (Å²) in [4.78, 5) is 22.3. The highest BCUT2D eigenvalue weighted by atomic mass is 16.4. The number of carboxylic acid groups (broad SMARTS) is 1. The number of nitrogens with one attached hydrogen (secondary N) is 1. The number of aliphatic carboxylic acids is 1. The third-order valence-corrected chi connectivity index (χ3v) is 2.36. The molecule has 0 aliphatic carbocycles. The number of hydrogen-bond acceptors (Lipinski definition) is 2. The number of carbonyl (C=O) groups excluding carboxylic acids is 1. The van der Waals surface area contributed by atoms with Crippen LogP contribution in [0.3, 0.4) is 0 Å². The second kappa shape index (κ2) is 5.48. The van der Waals surface area contributed by atoms with Gasteiger partial charge in [-0.2, -0.15) is 0 Å². The van der Waals surface area contributed by atoms with Crippen LogP contribution in [0.15, 0.2) is 24.3 Å². The van der Waals surface area contributed by atoms with Crippen molar-refractivity contribution in [3.8, 4) is 0 Å². The Bertz CT molecular complexity index is 411. The topological polar surface area (TPSA) is 66.4 Å². The molecular formula is C13H14NO3. The molecule has 0 fully saturated rings. The molecule has 89 valence electrons. The van der Waals surface area contributed by atoms with Gasteiger partial charge in [0.1, 0.15) is 0 Å². The Morgan fingerprint density at radius 2 is 1.65 bits per heavy atom. The van der Waals surface area contributed by atoms with Gasteiger partial charge in [0.25, 0.3) is 0 Å². The van der Waals surface area contributed by atoms with Crippen molar-refractivity contribution in [2.75, 3.05) is 5.32 Å². The minimum Gasteiger partial charge on any atom is -0.481 e. The summed E-state index contributed by atoms with van der Waals surface area (Å²) in [5, 5.41) is 11.3. The van der Waals surface area contributed by atoms with Crippen LogP contribution in [0.2, 0.25) is 0 Å². The van der Waals surface area contributed by atoms with Crippen LogP contribution < -0.4 is 5.32 Å². The van der Waals surface area contributed by atoms with E-state index in [-0.39, 0.29) is 0 Å². The molecule has 0 bridgehead atoms. The quantitative estimate of drug-likeness (QED) is 0.831. The molecule has 0 heterocycles. The molecule has 4 nitrogen and oxygen atoms in total. The summed E-state index contributed by atoms with van der Waals surface area (Å²) < 4.78 is 0. The number of rotatable bonds is 4. The Kier molecular flexibility index (Phi) is 4.26. The number of amides is 1. The summed E-state index contributed by atoms with van der Waals surface area (Å²) in [7, 11) is 0. The molecule has 0 aliphatic rings. The van der Waals surface area contributed by atoms with Crippen molar-refractivity contribution in [3.63, 3.8) is 0 Å². The Hall–Kier alpha value is -1.84. The number of carbonyl (C=O) groups is 2. The van der Waals surface area contributed by atoms with Gasteiger partial charge >= 0.3 is 5.97 Å². The zero-order valence-corrected chi connectivity index (χ0v) is 9.35. The molecule has 1 aromatic carbocycles. The van der Waals surface area contributed by atoms with Crippen LogP contribution in [0.5, 0.6) is 0 Å². The minimum absolute atomic E-state index is 0.468. The minimum atomic E-state index is -1.15. The first kappa shape index (κ1) is 13.2. The third kappa shape index (κ3) is 3.59. The second-order valence-electron chi connectivity index (χ2n) is 3.74. The average molecular weight is 232 g/mol. The fourth-order valence-electron chi connectivity index (χ4n) is 1.18. The highest BCUT2D eigenvalue weighted by molar-refractivity contribution is 5.95. The van der Waals surface area contributed by atoms with Gasteiger partial charge in [-0.25, -0.2) is 0 Å². The second-order valence-corrected chi connectivity index (χ2v) is 3.74. The molecule has 3 radical (unpaired) electrons. The van der Waals surface area contributed by atoms with Crippen LogP contribution in [-0.2, 0) is 9.59 Å². The van der Waals surface area contributed by atoms with E-state index >= 15 is 0 Å². The molecule has 1 aromatic rings. The molecule has 2 atom stereocenters. The maximum absolute atomic E-state index is 11.7. The first-order chi connectivity index (χ1) is 7.91. The lowest BCUT2D eigenvalue weighted by Crippen LogP contribution is -2.30. The van der Waals surface area contributed by atoms with Crippen molar-refractivity contribution in [2.45, 2.75) is 0 Å². The van der Waals surface area contributed by atoms with Crippen molar-refractivity contribution in [2.24, 2.45) is 11.8 Å². The van der Waals surface area contributed by atoms with Gasteiger partial charge in [0.2, 0.25) is 5.91 Å². The van der Waals surface area contributed by atoms with Gasteiger partial charge in [0.05, 0.1) is 11.8 Å². The van der Waals surface area contributed by atoms with E-state index in [0.29, 0.717) is 5.69 Å². The molecule has 0 aromatic heterocycles. The lowest BCUT2D eigenvalue weighted by Gasteiger charge is -2.15. The summed E-state index contributed by atoms with van der Waals surface area (Å²) in [6.45, 7) is 10.6. The van der Waals surface area contributed by atoms with Crippen LogP contribution in [-0.4, -0.2) is 17.0 Å². The summed E-state index contributed by atoms with van der Waals surface area (Å²) in [5.41, 5.74) is 1.41. The van der Waals surface area contributed by atoms with Gasteiger partial charge in [-0.3, -0.25) is 9.59 Å². The first-order valence-corrected chi connectivity index (χ1v) is 5.03. The predicted octanol–water partition coefficient (Wildman–Crippen LogP) is 1.79. The van der Waals surface area contributed by atoms with Crippen LogP contribution in [0.1, 0.15) is 5.56 Å². The van der Waals surface area contributed by atoms with E-state index in [0.717, 1.165) is 5.56 Å². The molecule has 2 N–H and O–H groups in total. The Balaban J connectivity index is 2.66. The van der Waals surface area contributed by atoms with Crippen molar-refractivity contribution >= 4 is 17.6 Å². The first-order valence-electron chi connectivity index (χ1n) is 5.03. The van der Waals surface area contributed by atoms with Crippen LogP contribution >= 0.6 is 0 Å². The van der Waals surface area contributed by atoms with Gasteiger partial charge in [0.15, 0.2) is 0 Å². The normalized spacial score (nSPS) is 13.8. The molecule has 0 aliphatic heterocycles. The average Bonchev–Trinajstić information content (AvgIpc) is 2.30. The Morgan fingerprint density at radius 3 is 2.12 bits per heavy atom. The van der Waals surface area contributed by atoms with Crippen molar-refractivity contribution in [3.05, 3.63) is 50.6 Å². The van der Waals surface area contributed by atoms with E-state index in [9.17, 15) is 9.59 Å². The molecule has 1 rings (SSSR count). The standard InChI is InChI=1S/C13H14NO3/c1-8-4-6-11(7-5-8)14-12(15)9(2)10(3)13(16)17/h4-7,9-10H,1-3H2,(H,14,15)(H,16,17). The Labute approximate surface area is 101 Å². The lowest BCUT2D eigenvalue weighted by atomic mass is 9.95. The van der Waals surface area contributed by atoms with Gasteiger partial charge in [-0.05, 0) is 38.5 Å². The SMILES string of the molecule is [CH2]c1ccc(NC(=O)C([CH2])C([CH2])C(=O)O)cc1. The monoisotopic (exact) mass is 232 g/mol. The third-order valence-electron chi connectivity index (χ3n) is 2.36. The summed E-state index contributed by atoms with van der Waals surface area (Å²) in [6.07, 6.45) is 0. The van der Waals surface area contributed by atoms with Gasteiger partial charge in [-0.15, -0.1) is 0 Å². The van der Waals surface area contributed by atoms with E-state index < -0.39 is 23.7 Å². The molecular weight excluding hydrogens is 218 g/mol. The smallest absolute Gasteiger partial charge is 0.307 e. The number of anilines is 1. The fraction of sp³-hybridized carbons (Fsp3) is 0.154. The zero-order valence-electron chi connectivity index (χ0n) is 9.35. The summed E-state index contributed by atoms with van der Waals surface area (Å²) in [5.74, 6) is -3.62. The maximum atomic E-state index is 11.7. The molecule has 0 spiro atoms. The molecule has 1 amide bonds. The number of benzene rings is 1. The zero-order chi connectivity index (χ0) is 13.0. The highest BCUT2D eigenvalue weighted by Gasteiger charge is 2.25. The fourth-order valence-corrected chi connectivity index (χ4v) is 1.18. The van der Waals surface area contributed by atoms with E-state index in [2.05, 4.69) is 26.1 Å². The lowest BCUT2D eigenvalue weighted by molar-refractivity contribution is -0.143. The summed E-state index contributed by atoms with van der Waals surface area (Å²) >= 11 is 0. The van der Waals surface area contributed by atoms with Gasteiger partial charge in [-0.1, -0.05) is 12.1 Å². The van der Waals surface area contributed by atoms with Gasteiger partial charge < -0.3 is 10.4 Å². The van der Waals surface area contributed by atoms with Crippen LogP contribution in [0, 0.1) is 32.6 Å². The van der Waals surface area contributed by atoms with E-state index in [1.165, 1.54) is 0 Å². The molecule has 17 heavy (non-hydrogen) atoms. The number of carboxylic acids is 1. The largest absolute Gasteiger partial charge is 0.481 e. The maximum Gasteiger partial charge on any atom is 0.307 e. The van der Waals surface area contributed by atoms with Crippen molar-refractivity contribution < 1.29 is 14.7 Å². The molecule has 2 unspecified atom stereocenters. The Morgan fingerprint density at radius 1 is 1.12 bits per heavy atom. The van der Waals surface area contributed by atoms with Gasteiger partial charge in [0, 0.05) is 5.69 Å². The molecule has 0 saturated carbocycles. The van der Waals surface area contributed by atoms with Crippen LogP contribution in [0.25, 0.3) is 0 Å². The summed E-state index contributed by atoms with van der Waals surface area (Å²) in [6, 6.07) is 6.86. The van der Waals surface area contributed by atoms with Crippen molar-refractivity contribution in [1.29, 1.82) is 0 Å². The van der Waals surface area contributed by atoms with E-state index in [1.54, 1.807) is 24.3 Å². The van der Waals surface area contributed by atoms with Crippen LogP contribution in [0.4, 0.5) is 5.69 Å². The van der Waals surface area contributed by atoms with E-state index in [4.69, 9.17) is 5.11 Å². The number of hydrogen-bond donors (Lipinski definition) is 2. The highest BCUT2D eigenvalue weighted by Crippen LogP contribution is 2.15. The molecule has 4 heteroatoms. The van der Waals surface area contributed by atoms with E-state index in [1.807, 2.05) is 0 Å². The molecule has 0 saturated heterocycles. The van der Waals surface area contributed by atoms with Crippen molar-refractivity contribution in [1.82, 2.24) is 0 Å². The predicted molar refractivity (Wildman–Crippen MR) is 64.9 cm³/mol.